The lowest BCUT2D eigenvalue weighted by atomic mass is 9.89. The number of rotatable bonds is 7. The molecule has 2 nitrogen and oxygen atoms in total. The minimum atomic E-state index is 1.10. The summed E-state index contributed by atoms with van der Waals surface area (Å²) >= 11 is 0. The number of anilines is 6. The highest BCUT2D eigenvalue weighted by Crippen LogP contribution is 2.52. The predicted molar refractivity (Wildman–Crippen MR) is 246 cm³/mol. The van der Waals surface area contributed by atoms with Gasteiger partial charge in [-0.1, -0.05) is 164 Å². The van der Waals surface area contributed by atoms with Gasteiger partial charge in [0.2, 0.25) is 0 Å². The van der Waals surface area contributed by atoms with Crippen LogP contribution in [0.3, 0.4) is 0 Å². The van der Waals surface area contributed by atoms with Crippen molar-refractivity contribution in [1.29, 1.82) is 0 Å². The first-order valence-electron chi connectivity index (χ1n) is 19.9. The molecule has 1 aliphatic heterocycles. The van der Waals surface area contributed by atoms with Crippen LogP contribution < -0.4 is 9.80 Å². The second kappa shape index (κ2) is 14.1. The van der Waals surface area contributed by atoms with E-state index in [4.69, 9.17) is 0 Å². The summed E-state index contributed by atoms with van der Waals surface area (Å²) < 4.78 is 0. The van der Waals surface area contributed by atoms with Crippen molar-refractivity contribution in [3.8, 4) is 44.5 Å². The molecule has 0 aliphatic carbocycles. The third kappa shape index (κ3) is 5.91. The average molecular weight is 739 g/mol. The summed E-state index contributed by atoms with van der Waals surface area (Å²) in [7, 11) is 0. The first-order valence-corrected chi connectivity index (χ1v) is 19.9. The standard InChI is InChI=1S/C56H38N2/c1-3-12-39(13-4-1)41-24-30-48(31-25-41)57(49-32-26-42(27-33-49)40-14-5-2-6-15-40)50-34-28-43(29-35-50)45-20-9-21-51(36-45)58-54-23-11-19-44-18-10-22-52(56(44)54)53-37-46-16-7-8-17-47(46)38-55(53)58/h1-38H. The maximum Gasteiger partial charge on any atom is 0.0546 e. The summed E-state index contributed by atoms with van der Waals surface area (Å²) in [4.78, 5) is 4.80. The minimum absolute atomic E-state index is 1.10. The molecule has 0 N–H and O–H groups in total. The van der Waals surface area contributed by atoms with Gasteiger partial charge < -0.3 is 9.80 Å². The molecule has 10 aromatic carbocycles. The molecule has 1 heterocycles. The highest BCUT2D eigenvalue weighted by Gasteiger charge is 2.26. The summed E-state index contributed by atoms with van der Waals surface area (Å²) in [5, 5.41) is 5.02. The van der Waals surface area contributed by atoms with E-state index in [1.807, 2.05) is 0 Å². The molecule has 0 saturated carbocycles. The van der Waals surface area contributed by atoms with Crippen molar-refractivity contribution in [2.75, 3.05) is 9.80 Å². The first kappa shape index (κ1) is 33.6. The van der Waals surface area contributed by atoms with E-state index in [0.717, 1.165) is 22.7 Å². The summed E-state index contributed by atoms with van der Waals surface area (Å²) in [5.41, 5.74) is 16.5. The van der Waals surface area contributed by atoms with Crippen molar-refractivity contribution in [1.82, 2.24) is 0 Å². The fraction of sp³-hybridized carbons (Fsp3) is 0. The fourth-order valence-corrected chi connectivity index (χ4v) is 8.71. The monoisotopic (exact) mass is 738 g/mol. The smallest absolute Gasteiger partial charge is 0.0546 e. The Labute approximate surface area is 339 Å². The molecule has 1 aliphatic rings. The first-order chi connectivity index (χ1) is 28.7. The summed E-state index contributed by atoms with van der Waals surface area (Å²) in [6.45, 7) is 0. The molecule has 0 saturated heterocycles. The van der Waals surface area contributed by atoms with Gasteiger partial charge in [-0.2, -0.15) is 0 Å². The van der Waals surface area contributed by atoms with E-state index in [2.05, 4.69) is 240 Å². The molecular weight excluding hydrogens is 701 g/mol. The molecule has 0 fully saturated rings. The molecule has 272 valence electrons. The van der Waals surface area contributed by atoms with Crippen molar-refractivity contribution in [3.05, 3.63) is 231 Å². The highest BCUT2D eigenvalue weighted by atomic mass is 15.2. The van der Waals surface area contributed by atoms with Gasteiger partial charge >= 0.3 is 0 Å². The Kier molecular flexibility index (Phi) is 8.19. The van der Waals surface area contributed by atoms with Gasteiger partial charge in [0.05, 0.1) is 11.4 Å². The molecular formula is C56H38N2. The van der Waals surface area contributed by atoms with Crippen LogP contribution in [0.4, 0.5) is 34.1 Å². The van der Waals surface area contributed by atoms with Crippen LogP contribution in [0.2, 0.25) is 0 Å². The quantitative estimate of drug-likeness (QED) is 0.161. The van der Waals surface area contributed by atoms with Crippen molar-refractivity contribution in [3.63, 3.8) is 0 Å². The van der Waals surface area contributed by atoms with Gasteiger partial charge in [0.15, 0.2) is 0 Å². The van der Waals surface area contributed by atoms with Gasteiger partial charge in [-0.15, -0.1) is 0 Å². The van der Waals surface area contributed by atoms with Crippen molar-refractivity contribution in [2.24, 2.45) is 0 Å². The summed E-state index contributed by atoms with van der Waals surface area (Å²) in [5.74, 6) is 0. The van der Waals surface area contributed by atoms with Crippen LogP contribution in [-0.4, -0.2) is 0 Å². The normalized spacial score (nSPS) is 11.8. The second-order valence-corrected chi connectivity index (χ2v) is 15.0. The highest BCUT2D eigenvalue weighted by molar-refractivity contribution is 6.15. The number of fused-ring (bicyclic) bond motifs is 3. The van der Waals surface area contributed by atoms with Crippen LogP contribution in [0.15, 0.2) is 231 Å². The molecule has 10 aromatic rings. The van der Waals surface area contributed by atoms with Crippen LogP contribution in [0.25, 0.3) is 66.1 Å². The Balaban J connectivity index is 0.982. The molecule has 0 atom stereocenters. The van der Waals surface area contributed by atoms with Crippen LogP contribution >= 0.6 is 0 Å². The van der Waals surface area contributed by atoms with E-state index in [-0.39, 0.29) is 0 Å². The largest absolute Gasteiger partial charge is 0.311 e. The number of hydrogen-bond donors (Lipinski definition) is 0. The van der Waals surface area contributed by atoms with Crippen LogP contribution in [0.1, 0.15) is 0 Å². The average Bonchev–Trinajstić information content (AvgIpc) is 3.30. The van der Waals surface area contributed by atoms with Gasteiger partial charge in [0, 0.05) is 33.7 Å². The topological polar surface area (TPSA) is 6.48 Å². The lowest BCUT2D eigenvalue weighted by Gasteiger charge is -2.34. The molecule has 0 aromatic heterocycles. The molecule has 58 heavy (non-hydrogen) atoms. The third-order valence-corrected chi connectivity index (χ3v) is 11.5. The predicted octanol–water partition coefficient (Wildman–Crippen LogP) is 15.9. The van der Waals surface area contributed by atoms with E-state index >= 15 is 0 Å². The summed E-state index contributed by atoms with van der Waals surface area (Å²) in [6.07, 6.45) is 0. The lowest BCUT2D eigenvalue weighted by Crippen LogP contribution is -2.15. The third-order valence-electron chi connectivity index (χ3n) is 11.5. The van der Waals surface area contributed by atoms with Gasteiger partial charge in [0.25, 0.3) is 0 Å². The van der Waals surface area contributed by atoms with Gasteiger partial charge in [0.1, 0.15) is 0 Å². The maximum absolute atomic E-state index is 2.45. The zero-order valence-electron chi connectivity index (χ0n) is 31.8. The minimum Gasteiger partial charge on any atom is -0.311 e. The Morgan fingerprint density at radius 3 is 1.31 bits per heavy atom. The zero-order valence-corrected chi connectivity index (χ0v) is 31.8. The van der Waals surface area contributed by atoms with Gasteiger partial charge in [-0.25, -0.2) is 0 Å². The van der Waals surface area contributed by atoms with E-state index in [1.165, 1.54) is 77.4 Å². The van der Waals surface area contributed by atoms with Crippen molar-refractivity contribution < 1.29 is 0 Å². The molecule has 2 heteroatoms. The van der Waals surface area contributed by atoms with E-state index in [1.54, 1.807) is 0 Å². The molecule has 0 bridgehead atoms. The Hall–Kier alpha value is -7.68. The number of benzene rings is 10. The Morgan fingerprint density at radius 1 is 0.276 bits per heavy atom. The van der Waals surface area contributed by atoms with Crippen molar-refractivity contribution in [2.45, 2.75) is 0 Å². The number of hydrogen-bond acceptors (Lipinski definition) is 2. The van der Waals surface area contributed by atoms with E-state index in [9.17, 15) is 0 Å². The SMILES string of the molecule is c1ccc(-c2ccc(N(c3ccc(-c4ccccc4)cc3)c3ccc(-c4cccc(N5c6cc7ccccc7cc6-c6cccc7cccc5c67)c4)cc3)cc2)cc1. The molecule has 0 amide bonds. The van der Waals surface area contributed by atoms with Crippen LogP contribution in [-0.2, 0) is 0 Å². The lowest BCUT2D eigenvalue weighted by molar-refractivity contribution is 1.28. The van der Waals surface area contributed by atoms with Crippen LogP contribution in [0, 0.1) is 0 Å². The molecule has 0 spiro atoms. The van der Waals surface area contributed by atoms with Gasteiger partial charge in [-0.05, 0) is 122 Å². The second-order valence-electron chi connectivity index (χ2n) is 15.0. The number of nitrogens with zero attached hydrogens (tertiary/aromatic N) is 2. The fourth-order valence-electron chi connectivity index (χ4n) is 8.71. The van der Waals surface area contributed by atoms with E-state index in [0.29, 0.717) is 0 Å². The molecule has 0 unspecified atom stereocenters. The van der Waals surface area contributed by atoms with Crippen LogP contribution in [0.5, 0.6) is 0 Å². The van der Waals surface area contributed by atoms with Gasteiger partial charge in [-0.3, -0.25) is 0 Å². The van der Waals surface area contributed by atoms with E-state index < -0.39 is 0 Å². The summed E-state index contributed by atoms with van der Waals surface area (Å²) in [6, 6.07) is 83.6. The van der Waals surface area contributed by atoms with Crippen molar-refractivity contribution >= 4 is 55.7 Å². The zero-order chi connectivity index (χ0) is 38.4. The Morgan fingerprint density at radius 2 is 0.724 bits per heavy atom. The molecule has 0 radical (unpaired) electrons. The molecule has 11 rings (SSSR count). The Bertz CT molecular complexity index is 2990. The maximum atomic E-state index is 2.45.